The number of aromatic nitrogens is 1. The zero-order valence-corrected chi connectivity index (χ0v) is 19.8. The molecule has 178 valence electrons. The van der Waals surface area contributed by atoms with E-state index in [0.29, 0.717) is 23.0 Å². The van der Waals surface area contributed by atoms with Gasteiger partial charge in [0, 0.05) is 29.7 Å². The molecular weight excluding hydrogens is 468 g/mol. The maximum absolute atomic E-state index is 12.9. The summed E-state index contributed by atoms with van der Waals surface area (Å²) in [6.45, 7) is 3.74. The van der Waals surface area contributed by atoms with Crippen LogP contribution in [-0.4, -0.2) is 38.0 Å². The Morgan fingerprint density at radius 1 is 1.11 bits per heavy atom. The summed E-state index contributed by atoms with van der Waals surface area (Å²) in [5.41, 5.74) is 2.75. The molecule has 1 fully saturated rings. The lowest BCUT2D eigenvalue weighted by Gasteiger charge is -2.13. The van der Waals surface area contributed by atoms with Crippen LogP contribution in [0.1, 0.15) is 31.0 Å². The van der Waals surface area contributed by atoms with E-state index in [1.165, 1.54) is 18.2 Å². The molecule has 2 aromatic carbocycles. The van der Waals surface area contributed by atoms with Crippen molar-refractivity contribution in [2.24, 2.45) is 0 Å². The molecule has 0 bridgehead atoms. The number of anilines is 1. The molecule has 1 aromatic heterocycles. The van der Waals surface area contributed by atoms with Gasteiger partial charge in [0.25, 0.3) is 16.8 Å². The van der Waals surface area contributed by atoms with Crippen LogP contribution in [0.3, 0.4) is 0 Å². The van der Waals surface area contributed by atoms with E-state index in [9.17, 15) is 24.5 Å². The van der Waals surface area contributed by atoms with Gasteiger partial charge in [0.1, 0.15) is 6.54 Å². The molecular formula is C25H22N4O5S. The van der Waals surface area contributed by atoms with Gasteiger partial charge in [0.2, 0.25) is 5.91 Å². The average Bonchev–Trinajstić information content (AvgIpc) is 3.39. The topological polar surface area (TPSA) is 115 Å². The Kier molecular flexibility index (Phi) is 6.83. The SMILES string of the molecule is CC(C)c1ccc(NC(=O)CN2C(=O)S/C(=C\c3cccn3-c3cccc([N+](=O)[O-])c3)C2=O)cc1. The molecule has 1 aliphatic heterocycles. The Morgan fingerprint density at radius 3 is 2.54 bits per heavy atom. The van der Waals surface area contributed by atoms with Crippen molar-refractivity contribution >= 4 is 46.3 Å². The number of carbonyl (C=O) groups excluding carboxylic acids is 3. The third kappa shape index (κ3) is 5.33. The Balaban J connectivity index is 1.48. The van der Waals surface area contributed by atoms with E-state index in [4.69, 9.17) is 0 Å². The third-order valence-corrected chi connectivity index (χ3v) is 6.32. The number of amides is 3. The fraction of sp³-hybridized carbons (Fsp3) is 0.160. The molecule has 0 unspecified atom stereocenters. The fourth-order valence-corrected chi connectivity index (χ4v) is 4.39. The Morgan fingerprint density at radius 2 is 1.86 bits per heavy atom. The highest BCUT2D eigenvalue weighted by atomic mass is 32.2. The molecule has 0 radical (unpaired) electrons. The number of rotatable bonds is 7. The minimum Gasteiger partial charge on any atom is -0.325 e. The van der Waals surface area contributed by atoms with Crippen LogP contribution in [0.4, 0.5) is 16.2 Å². The molecule has 1 saturated heterocycles. The van der Waals surface area contributed by atoms with Crippen LogP contribution in [-0.2, 0) is 9.59 Å². The number of carbonyl (C=O) groups is 3. The first-order valence-corrected chi connectivity index (χ1v) is 11.6. The Bertz CT molecular complexity index is 1340. The summed E-state index contributed by atoms with van der Waals surface area (Å²) >= 11 is 0.742. The lowest BCUT2D eigenvalue weighted by molar-refractivity contribution is -0.384. The first-order chi connectivity index (χ1) is 16.7. The largest absolute Gasteiger partial charge is 0.325 e. The van der Waals surface area contributed by atoms with E-state index in [-0.39, 0.29) is 10.6 Å². The van der Waals surface area contributed by atoms with Crippen molar-refractivity contribution in [3.63, 3.8) is 0 Å². The minimum absolute atomic E-state index is 0.0627. The molecule has 4 rings (SSSR count). The average molecular weight is 491 g/mol. The van der Waals surface area contributed by atoms with Gasteiger partial charge < -0.3 is 9.88 Å². The zero-order chi connectivity index (χ0) is 25.1. The molecule has 0 aliphatic carbocycles. The van der Waals surface area contributed by atoms with Crippen molar-refractivity contribution < 1.29 is 19.3 Å². The lowest BCUT2D eigenvalue weighted by atomic mass is 10.0. The van der Waals surface area contributed by atoms with Gasteiger partial charge in [-0.05, 0) is 59.7 Å². The van der Waals surface area contributed by atoms with E-state index >= 15 is 0 Å². The predicted molar refractivity (Wildman–Crippen MR) is 134 cm³/mol. The molecule has 10 heteroatoms. The van der Waals surface area contributed by atoms with Crippen LogP contribution in [0.5, 0.6) is 0 Å². The molecule has 0 saturated carbocycles. The van der Waals surface area contributed by atoms with Crippen molar-refractivity contribution in [2.75, 3.05) is 11.9 Å². The van der Waals surface area contributed by atoms with Gasteiger partial charge in [-0.25, -0.2) is 0 Å². The van der Waals surface area contributed by atoms with Crippen LogP contribution >= 0.6 is 11.8 Å². The monoisotopic (exact) mass is 490 g/mol. The van der Waals surface area contributed by atoms with Gasteiger partial charge in [-0.15, -0.1) is 0 Å². The quantitative estimate of drug-likeness (QED) is 0.277. The standard InChI is InChI=1S/C25H22N4O5S/c1-16(2)17-8-10-18(11-9-17)26-23(30)15-28-24(31)22(35-25(28)32)14-20-7-4-12-27(20)19-5-3-6-21(13-19)29(33)34/h3-14,16H,15H2,1-2H3,(H,26,30)/b22-14-. The summed E-state index contributed by atoms with van der Waals surface area (Å²) in [6, 6.07) is 16.9. The first-order valence-electron chi connectivity index (χ1n) is 10.8. The molecule has 35 heavy (non-hydrogen) atoms. The number of nitro benzene ring substituents is 1. The van der Waals surface area contributed by atoms with Gasteiger partial charge in [-0.3, -0.25) is 29.4 Å². The van der Waals surface area contributed by atoms with Crippen molar-refractivity contribution in [1.82, 2.24) is 9.47 Å². The van der Waals surface area contributed by atoms with Crippen molar-refractivity contribution in [2.45, 2.75) is 19.8 Å². The highest BCUT2D eigenvalue weighted by Crippen LogP contribution is 2.33. The van der Waals surface area contributed by atoms with Gasteiger partial charge in [-0.1, -0.05) is 32.0 Å². The van der Waals surface area contributed by atoms with E-state index in [0.717, 1.165) is 22.2 Å². The fourth-order valence-electron chi connectivity index (χ4n) is 3.57. The van der Waals surface area contributed by atoms with Gasteiger partial charge in [-0.2, -0.15) is 0 Å². The van der Waals surface area contributed by atoms with Crippen LogP contribution < -0.4 is 5.32 Å². The lowest BCUT2D eigenvalue weighted by Crippen LogP contribution is -2.36. The summed E-state index contributed by atoms with van der Waals surface area (Å²) in [4.78, 5) is 49.5. The number of benzene rings is 2. The smallest absolute Gasteiger partial charge is 0.294 e. The van der Waals surface area contributed by atoms with Crippen molar-refractivity contribution in [3.05, 3.63) is 93.1 Å². The number of non-ortho nitro benzene ring substituents is 1. The third-order valence-electron chi connectivity index (χ3n) is 5.41. The predicted octanol–water partition coefficient (Wildman–Crippen LogP) is 5.18. The second kappa shape index (κ2) is 9.98. The number of hydrogen-bond donors (Lipinski definition) is 1. The normalized spacial score (nSPS) is 14.7. The van der Waals surface area contributed by atoms with Crippen LogP contribution in [0.25, 0.3) is 11.8 Å². The van der Waals surface area contributed by atoms with Gasteiger partial charge in [0.15, 0.2) is 0 Å². The maximum atomic E-state index is 12.9. The van der Waals surface area contributed by atoms with E-state index in [2.05, 4.69) is 19.2 Å². The van der Waals surface area contributed by atoms with E-state index < -0.39 is 28.5 Å². The highest BCUT2D eigenvalue weighted by molar-refractivity contribution is 8.18. The molecule has 1 N–H and O–H groups in total. The molecule has 9 nitrogen and oxygen atoms in total. The second-order valence-corrected chi connectivity index (χ2v) is 9.17. The van der Waals surface area contributed by atoms with E-state index in [1.807, 2.05) is 12.1 Å². The van der Waals surface area contributed by atoms with Gasteiger partial charge >= 0.3 is 0 Å². The number of hydrogen-bond acceptors (Lipinski definition) is 6. The summed E-state index contributed by atoms with van der Waals surface area (Å²) in [7, 11) is 0. The summed E-state index contributed by atoms with van der Waals surface area (Å²) in [5, 5.41) is 13.3. The van der Waals surface area contributed by atoms with E-state index in [1.54, 1.807) is 47.2 Å². The minimum atomic E-state index is -0.572. The molecule has 3 amide bonds. The molecule has 0 atom stereocenters. The molecule has 0 spiro atoms. The van der Waals surface area contributed by atoms with Crippen LogP contribution in [0.2, 0.25) is 0 Å². The number of nitrogens with one attached hydrogen (secondary N) is 1. The molecule has 2 heterocycles. The Hall–Kier alpha value is -4.18. The van der Waals surface area contributed by atoms with Crippen molar-refractivity contribution in [3.8, 4) is 5.69 Å². The molecule has 1 aliphatic rings. The second-order valence-electron chi connectivity index (χ2n) is 8.17. The number of nitro groups is 1. The van der Waals surface area contributed by atoms with Crippen LogP contribution in [0.15, 0.2) is 71.8 Å². The van der Waals surface area contributed by atoms with Crippen LogP contribution in [0, 0.1) is 10.1 Å². The number of thioether (sulfide) groups is 1. The van der Waals surface area contributed by atoms with Gasteiger partial charge in [0.05, 0.1) is 15.5 Å². The van der Waals surface area contributed by atoms with Crippen molar-refractivity contribution in [1.29, 1.82) is 0 Å². The highest BCUT2D eigenvalue weighted by Gasteiger charge is 2.36. The Labute approximate surface area is 205 Å². The zero-order valence-electron chi connectivity index (χ0n) is 19.0. The first kappa shape index (κ1) is 24.0. The summed E-state index contributed by atoms with van der Waals surface area (Å²) in [6.07, 6.45) is 3.24. The molecule has 3 aromatic rings. The summed E-state index contributed by atoms with van der Waals surface area (Å²) in [5.74, 6) is -0.692. The maximum Gasteiger partial charge on any atom is 0.294 e. The number of nitrogens with zero attached hydrogens (tertiary/aromatic N) is 3. The number of imide groups is 1. The summed E-state index contributed by atoms with van der Waals surface area (Å²) < 4.78 is 1.68.